The minimum atomic E-state index is -0.616. The first kappa shape index (κ1) is 14.9. The lowest BCUT2D eigenvalue weighted by molar-refractivity contribution is -0.114. The zero-order valence-electron chi connectivity index (χ0n) is 11.0. The molecule has 0 saturated carbocycles. The zero-order chi connectivity index (χ0) is 15.4. The van der Waals surface area contributed by atoms with E-state index in [1.165, 1.54) is 31.3 Å². The summed E-state index contributed by atoms with van der Waals surface area (Å²) in [6.07, 6.45) is 1.40. The first-order valence-corrected chi connectivity index (χ1v) is 6.33. The third-order valence-corrected chi connectivity index (χ3v) is 2.75. The Hall–Kier alpha value is -2.47. The molecule has 0 bridgehead atoms. The molecule has 0 atom stereocenters. The second-order valence-electron chi connectivity index (χ2n) is 4.20. The third-order valence-electron chi connectivity index (χ3n) is 2.52. The fraction of sp³-hybridized carbons (Fsp3) is 0.0714. The predicted molar refractivity (Wildman–Crippen MR) is 77.9 cm³/mol. The van der Waals surface area contributed by atoms with Crippen molar-refractivity contribution in [3.05, 3.63) is 53.1 Å². The van der Waals surface area contributed by atoms with E-state index in [2.05, 4.69) is 15.6 Å². The molecule has 2 rings (SSSR count). The number of benzene rings is 1. The number of hydrogen-bond donors (Lipinski definition) is 2. The number of carbonyl (C=O) groups excluding carboxylic acids is 2. The zero-order valence-corrected chi connectivity index (χ0v) is 11.7. The number of aromatic nitrogens is 1. The Kier molecular flexibility index (Phi) is 4.49. The van der Waals surface area contributed by atoms with Gasteiger partial charge >= 0.3 is 0 Å². The van der Waals surface area contributed by atoms with E-state index >= 15 is 0 Å². The Labute approximate surface area is 125 Å². The molecule has 0 aliphatic heterocycles. The molecule has 0 aliphatic carbocycles. The lowest BCUT2D eigenvalue weighted by Crippen LogP contribution is -2.14. The van der Waals surface area contributed by atoms with E-state index in [9.17, 15) is 14.0 Å². The fourth-order valence-electron chi connectivity index (χ4n) is 1.60. The summed E-state index contributed by atoms with van der Waals surface area (Å²) < 4.78 is 13.5. The Balaban J connectivity index is 2.19. The SMILES string of the molecule is CC(=O)Nc1cc(C(=O)Nc2ccc(Cl)nc2)ccc1F. The van der Waals surface area contributed by atoms with Crippen molar-refractivity contribution in [1.82, 2.24) is 4.98 Å². The summed E-state index contributed by atoms with van der Waals surface area (Å²) in [6, 6.07) is 6.81. The van der Waals surface area contributed by atoms with Gasteiger partial charge in [0.1, 0.15) is 11.0 Å². The van der Waals surface area contributed by atoms with Crippen LogP contribution in [0.3, 0.4) is 0 Å². The van der Waals surface area contributed by atoms with Crippen molar-refractivity contribution >= 4 is 34.8 Å². The molecule has 0 spiro atoms. The Morgan fingerprint density at radius 2 is 1.95 bits per heavy atom. The van der Waals surface area contributed by atoms with Crippen molar-refractivity contribution in [1.29, 1.82) is 0 Å². The van der Waals surface area contributed by atoms with Crippen LogP contribution in [0.5, 0.6) is 0 Å². The van der Waals surface area contributed by atoms with Gasteiger partial charge in [-0.05, 0) is 30.3 Å². The molecule has 21 heavy (non-hydrogen) atoms. The second-order valence-corrected chi connectivity index (χ2v) is 4.59. The van der Waals surface area contributed by atoms with E-state index in [0.29, 0.717) is 10.8 Å². The molecule has 0 unspecified atom stereocenters. The van der Waals surface area contributed by atoms with Crippen molar-refractivity contribution in [2.75, 3.05) is 10.6 Å². The van der Waals surface area contributed by atoms with E-state index in [0.717, 1.165) is 6.07 Å². The largest absolute Gasteiger partial charge is 0.324 e. The molecule has 2 amide bonds. The van der Waals surface area contributed by atoms with Crippen LogP contribution in [-0.4, -0.2) is 16.8 Å². The van der Waals surface area contributed by atoms with Gasteiger partial charge in [0.05, 0.1) is 17.6 Å². The molecule has 1 heterocycles. The third kappa shape index (κ3) is 4.00. The quantitative estimate of drug-likeness (QED) is 0.856. The van der Waals surface area contributed by atoms with Gasteiger partial charge in [0, 0.05) is 12.5 Å². The highest BCUT2D eigenvalue weighted by Crippen LogP contribution is 2.18. The van der Waals surface area contributed by atoms with Crippen LogP contribution < -0.4 is 10.6 Å². The van der Waals surface area contributed by atoms with Crippen LogP contribution in [0.2, 0.25) is 5.15 Å². The van der Waals surface area contributed by atoms with Gasteiger partial charge in [-0.2, -0.15) is 0 Å². The van der Waals surface area contributed by atoms with Gasteiger partial charge in [0.15, 0.2) is 0 Å². The van der Waals surface area contributed by atoms with E-state index in [1.54, 1.807) is 6.07 Å². The van der Waals surface area contributed by atoms with Crippen LogP contribution in [0, 0.1) is 5.82 Å². The Morgan fingerprint density at radius 1 is 1.19 bits per heavy atom. The van der Waals surface area contributed by atoms with Gasteiger partial charge < -0.3 is 10.6 Å². The van der Waals surface area contributed by atoms with E-state index in [-0.39, 0.29) is 11.3 Å². The molecule has 7 heteroatoms. The molecule has 1 aromatic heterocycles. The molecule has 2 aromatic rings. The number of nitrogens with one attached hydrogen (secondary N) is 2. The summed E-state index contributed by atoms with van der Waals surface area (Å²) in [5.41, 5.74) is 0.606. The molecule has 0 radical (unpaired) electrons. The van der Waals surface area contributed by atoms with Gasteiger partial charge in [-0.1, -0.05) is 11.6 Å². The van der Waals surface area contributed by atoms with Gasteiger partial charge in [0.25, 0.3) is 5.91 Å². The highest BCUT2D eigenvalue weighted by Gasteiger charge is 2.11. The molecular weight excluding hydrogens is 297 g/mol. The van der Waals surface area contributed by atoms with Crippen molar-refractivity contribution < 1.29 is 14.0 Å². The lowest BCUT2D eigenvalue weighted by atomic mass is 10.1. The summed E-state index contributed by atoms with van der Waals surface area (Å²) in [6.45, 7) is 1.26. The summed E-state index contributed by atoms with van der Waals surface area (Å²) >= 11 is 5.65. The predicted octanol–water partition coefficient (Wildman–Crippen LogP) is 3.08. The minimum Gasteiger partial charge on any atom is -0.324 e. The number of carbonyl (C=O) groups is 2. The molecule has 108 valence electrons. The smallest absolute Gasteiger partial charge is 0.255 e. The van der Waals surface area contributed by atoms with E-state index in [1.807, 2.05) is 0 Å². The lowest BCUT2D eigenvalue weighted by Gasteiger charge is -2.08. The minimum absolute atomic E-state index is 0.0515. The van der Waals surface area contributed by atoms with Crippen molar-refractivity contribution in [2.24, 2.45) is 0 Å². The number of hydrogen-bond acceptors (Lipinski definition) is 3. The maximum Gasteiger partial charge on any atom is 0.255 e. The van der Waals surface area contributed by atoms with Crippen molar-refractivity contribution in [3.63, 3.8) is 0 Å². The summed E-state index contributed by atoms with van der Waals surface area (Å²) in [4.78, 5) is 26.8. The summed E-state index contributed by atoms with van der Waals surface area (Å²) in [5.74, 6) is -1.49. The molecule has 0 saturated heterocycles. The maximum atomic E-state index is 13.5. The summed E-state index contributed by atoms with van der Waals surface area (Å²) in [5, 5.41) is 5.21. The maximum absolute atomic E-state index is 13.5. The van der Waals surface area contributed by atoms with E-state index < -0.39 is 17.6 Å². The van der Waals surface area contributed by atoms with Gasteiger partial charge in [-0.25, -0.2) is 9.37 Å². The first-order valence-electron chi connectivity index (χ1n) is 5.96. The highest BCUT2D eigenvalue weighted by molar-refractivity contribution is 6.29. The first-order chi connectivity index (χ1) is 9.95. The van der Waals surface area contributed by atoms with Crippen LogP contribution in [0.1, 0.15) is 17.3 Å². The molecule has 2 N–H and O–H groups in total. The normalized spacial score (nSPS) is 10.0. The number of nitrogens with zero attached hydrogens (tertiary/aromatic N) is 1. The average molecular weight is 308 g/mol. The molecule has 0 aliphatic rings. The monoisotopic (exact) mass is 307 g/mol. The van der Waals surface area contributed by atoms with Crippen LogP contribution in [0.25, 0.3) is 0 Å². The van der Waals surface area contributed by atoms with Crippen LogP contribution in [0.15, 0.2) is 36.5 Å². The standard InChI is InChI=1S/C14H11ClFN3O2/c1-8(20)18-12-6-9(2-4-11(12)16)14(21)19-10-3-5-13(15)17-7-10/h2-7H,1H3,(H,18,20)(H,19,21). The molecule has 0 fully saturated rings. The van der Waals surface area contributed by atoms with Gasteiger partial charge in [-0.15, -0.1) is 0 Å². The highest BCUT2D eigenvalue weighted by atomic mass is 35.5. The Morgan fingerprint density at radius 3 is 2.57 bits per heavy atom. The van der Waals surface area contributed by atoms with Crippen LogP contribution in [-0.2, 0) is 4.79 Å². The average Bonchev–Trinajstić information content (AvgIpc) is 2.43. The number of rotatable bonds is 3. The van der Waals surface area contributed by atoms with Crippen molar-refractivity contribution in [2.45, 2.75) is 6.92 Å². The second kappa shape index (κ2) is 6.32. The number of amides is 2. The topological polar surface area (TPSA) is 71.1 Å². The van der Waals surface area contributed by atoms with Crippen LogP contribution in [0.4, 0.5) is 15.8 Å². The number of halogens is 2. The number of anilines is 2. The van der Waals surface area contributed by atoms with E-state index in [4.69, 9.17) is 11.6 Å². The number of pyridine rings is 1. The summed E-state index contributed by atoms with van der Waals surface area (Å²) in [7, 11) is 0. The van der Waals surface area contributed by atoms with Crippen LogP contribution >= 0.6 is 11.6 Å². The Bertz CT molecular complexity index is 689. The molecular formula is C14H11ClFN3O2. The van der Waals surface area contributed by atoms with Gasteiger partial charge in [-0.3, -0.25) is 9.59 Å². The van der Waals surface area contributed by atoms with Gasteiger partial charge in [0.2, 0.25) is 5.91 Å². The van der Waals surface area contributed by atoms with Crippen molar-refractivity contribution in [3.8, 4) is 0 Å². The molecule has 1 aromatic carbocycles. The fourth-order valence-corrected chi connectivity index (χ4v) is 1.72. The molecule has 5 nitrogen and oxygen atoms in total.